The highest BCUT2D eigenvalue weighted by Crippen LogP contribution is 2.05. The molecule has 0 radical (unpaired) electrons. The number of ether oxygens (including phenoxy) is 1. The van der Waals surface area contributed by atoms with Crippen molar-refractivity contribution in [1.29, 1.82) is 0 Å². The third-order valence-electron chi connectivity index (χ3n) is 1.96. The van der Waals surface area contributed by atoms with E-state index in [9.17, 15) is 15.3 Å². The van der Waals surface area contributed by atoms with Gasteiger partial charge < -0.3 is 35.4 Å². The van der Waals surface area contributed by atoms with Crippen LogP contribution in [0.15, 0.2) is 0 Å². The molecular formula is C11H26O7. The maximum atomic E-state index is 9.34. The van der Waals surface area contributed by atoms with E-state index in [4.69, 9.17) is 20.1 Å². The predicted octanol–water partition coefficient (Wildman–Crippen LogP) is -2.15. The number of aliphatic hydroxyl groups excluding tert-OH is 6. The Balaban J connectivity index is 0. The number of rotatable bonds is 8. The molecule has 0 saturated carbocycles. The van der Waals surface area contributed by atoms with Gasteiger partial charge in [-0.05, 0) is 13.3 Å². The average molecular weight is 270 g/mol. The molecule has 0 spiro atoms. The number of hydrogen-bond acceptors (Lipinski definition) is 7. The van der Waals surface area contributed by atoms with E-state index in [1.54, 1.807) is 6.92 Å². The largest absolute Gasteiger partial charge is 0.397 e. The van der Waals surface area contributed by atoms with Crippen molar-refractivity contribution in [2.75, 3.05) is 26.4 Å². The van der Waals surface area contributed by atoms with Gasteiger partial charge in [0.2, 0.25) is 0 Å². The summed E-state index contributed by atoms with van der Waals surface area (Å²) in [5, 5.41) is 53.0. The molecule has 0 fully saturated rings. The first-order valence-corrected chi connectivity index (χ1v) is 5.97. The van der Waals surface area contributed by atoms with Gasteiger partial charge in [-0.3, -0.25) is 0 Å². The molecule has 0 aliphatic carbocycles. The first-order chi connectivity index (χ1) is 8.45. The second-order valence-electron chi connectivity index (χ2n) is 3.69. The molecule has 0 aromatic rings. The Hall–Kier alpha value is -0.280. The highest BCUT2D eigenvalue weighted by Gasteiger charge is 2.29. The van der Waals surface area contributed by atoms with Crippen LogP contribution in [-0.2, 0) is 4.74 Å². The highest BCUT2D eigenvalue weighted by atomic mass is 16.5. The quantitative estimate of drug-likeness (QED) is 0.277. The molecule has 0 heterocycles. The van der Waals surface area contributed by atoms with E-state index >= 15 is 0 Å². The highest BCUT2D eigenvalue weighted by molar-refractivity contribution is 4.80. The van der Waals surface area contributed by atoms with Crippen LogP contribution < -0.4 is 0 Å². The third kappa shape index (κ3) is 9.72. The Morgan fingerprint density at radius 1 is 0.889 bits per heavy atom. The van der Waals surface area contributed by atoms with Crippen molar-refractivity contribution >= 4 is 0 Å². The van der Waals surface area contributed by atoms with E-state index in [0.717, 1.165) is 6.42 Å². The lowest BCUT2D eigenvalue weighted by atomic mass is 10.0. The second kappa shape index (κ2) is 13.2. The van der Waals surface area contributed by atoms with Gasteiger partial charge in [0.25, 0.3) is 0 Å². The molecule has 112 valence electrons. The van der Waals surface area contributed by atoms with Crippen LogP contribution >= 0.6 is 0 Å². The van der Waals surface area contributed by atoms with Crippen molar-refractivity contribution in [2.45, 2.75) is 44.7 Å². The molecule has 0 aromatic carbocycles. The van der Waals surface area contributed by atoms with Crippen molar-refractivity contribution in [1.82, 2.24) is 0 Å². The molecule has 4 atom stereocenters. The Morgan fingerprint density at radius 2 is 1.33 bits per heavy atom. The van der Waals surface area contributed by atoms with E-state index in [0.29, 0.717) is 6.61 Å². The Kier molecular flexibility index (Phi) is 14.7. The summed E-state index contributed by atoms with van der Waals surface area (Å²) >= 11 is 0. The molecule has 0 saturated heterocycles. The lowest BCUT2D eigenvalue weighted by Crippen LogP contribution is -2.47. The Labute approximate surface area is 107 Å². The summed E-state index contributed by atoms with van der Waals surface area (Å²) in [6.45, 7) is 3.47. The van der Waals surface area contributed by atoms with Crippen LogP contribution in [0.1, 0.15) is 20.3 Å². The molecular weight excluding hydrogens is 244 g/mol. The van der Waals surface area contributed by atoms with Gasteiger partial charge in [0.1, 0.15) is 24.4 Å². The van der Waals surface area contributed by atoms with E-state index < -0.39 is 31.0 Å². The summed E-state index contributed by atoms with van der Waals surface area (Å²) in [7, 11) is 0. The molecule has 18 heavy (non-hydrogen) atoms. The van der Waals surface area contributed by atoms with Crippen molar-refractivity contribution < 1.29 is 35.4 Å². The van der Waals surface area contributed by atoms with E-state index in [-0.39, 0.29) is 13.2 Å². The molecule has 0 amide bonds. The van der Waals surface area contributed by atoms with Crippen molar-refractivity contribution in [3.63, 3.8) is 0 Å². The fourth-order valence-electron chi connectivity index (χ4n) is 1.01. The molecule has 7 heteroatoms. The second-order valence-corrected chi connectivity index (χ2v) is 3.69. The van der Waals surface area contributed by atoms with Crippen LogP contribution in [0.25, 0.3) is 0 Å². The Bertz CT molecular complexity index is 167. The molecule has 0 aromatic heterocycles. The lowest BCUT2D eigenvalue weighted by molar-refractivity contribution is -0.129. The van der Waals surface area contributed by atoms with Crippen molar-refractivity contribution in [3.8, 4) is 0 Å². The normalized spacial score (nSPS) is 17.3. The van der Waals surface area contributed by atoms with Crippen molar-refractivity contribution in [2.24, 2.45) is 0 Å². The summed E-state index contributed by atoms with van der Waals surface area (Å²) < 4.78 is 4.96. The van der Waals surface area contributed by atoms with E-state index in [1.165, 1.54) is 0 Å². The zero-order valence-corrected chi connectivity index (χ0v) is 10.9. The minimum absolute atomic E-state index is 0.121. The summed E-state index contributed by atoms with van der Waals surface area (Å²) in [6.07, 6.45) is -5.10. The van der Waals surface area contributed by atoms with Gasteiger partial charge in [0, 0.05) is 13.2 Å². The van der Waals surface area contributed by atoms with Gasteiger partial charge in [-0.15, -0.1) is 0 Å². The molecule has 0 unspecified atom stereocenters. The third-order valence-corrected chi connectivity index (χ3v) is 1.96. The standard InChI is InChI=1S/C9H20O6.C2H6O/c1-2-3-15-5-7(12)9(14)8(13)6(11)4-10;1-2-3/h6-14H,2-5H2,1H3;3H,2H2,1H3/t6-,7+,8-,9-;/m1./s1. The maximum absolute atomic E-state index is 9.34. The van der Waals surface area contributed by atoms with Crippen LogP contribution in [0, 0.1) is 0 Å². The maximum Gasteiger partial charge on any atom is 0.111 e. The first kappa shape index (κ1) is 20.0. The molecule has 0 bridgehead atoms. The fourth-order valence-corrected chi connectivity index (χ4v) is 1.01. The van der Waals surface area contributed by atoms with E-state index in [1.807, 2.05) is 6.92 Å². The predicted molar refractivity (Wildman–Crippen MR) is 65.0 cm³/mol. The van der Waals surface area contributed by atoms with Crippen LogP contribution in [-0.4, -0.2) is 81.5 Å². The monoisotopic (exact) mass is 270 g/mol. The minimum atomic E-state index is -1.59. The first-order valence-electron chi connectivity index (χ1n) is 5.97. The van der Waals surface area contributed by atoms with Crippen LogP contribution in [0.4, 0.5) is 0 Å². The van der Waals surface area contributed by atoms with Crippen LogP contribution in [0.2, 0.25) is 0 Å². The summed E-state index contributed by atoms with van der Waals surface area (Å²) in [4.78, 5) is 0. The Morgan fingerprint density at radius 3 is 1.72 bits per heavy atom. The number of hydrogen-bond donors (Lipinski definition) is 6. The average Bonchev–Trinajstić information content (AvgIpc) is 2.37. The molecule has 0 aliphatic heterocycles. The molecule has 0 rings (SSSR count). The van der Waals surface area contributed by atoms with Gasteiger partial charge in [0.15, 0.2) is 0 Å². The summed E-state index contributed by atoms with van der Waals surface area (Å²) in [5.74, 6) is 0. The minimum Gasteiger partial charge on any atom is -0.397 e. The topological polar surface area (TPSA) is 131 Å². The zero-order valence-electron chi connectivity index (χ0n) is 10.9. The SMILES string of the molecule is CCCOC[C@H](O)[C@@H](O)[C@H](O)[C@H](O)CO.CCO. The fraction of sp³-hybridized carbons (Fsp3) is 1.00. The smallest absolute Gasteiger partial charge is 0.111 e. The van der Waals surface area contributed by atoms with Gasteiger partial charge in [-0.25, -0.2) is 0 Å². The molecule has 6 N–H and O–H groups in total. The number of aliphatic hydroxyl groups is 6. The van der Waals surface area contributed by atoms with Gasteiger partial charge in [0.05, 0.1) is 13.2 Å². The summed E-state index contributed by atoms with van der Waals surface area (Å²) in [6, 6.07) is 0. The lowest BCUT2D eigenvalue weighted by Gasteiger charge is -2.25. The molecule has 7 nitrogen and oxygen atoms in total. The van der Waals surface area contributed by atoms with Crippen LogP contribution in [0.3, 0.4) is 0 Å². The van der Waals surface area contributed by atoms with Gasteiger partial charge in [-0.2, -0.15) is 0 Å². The van der Waals surface area contributed by atoms with Gasteiger partial charge in [-0.1, -0.05) is 6.92 Å². The van der Waals surface area contributed by atoms with E-state index in [2.05, 4.69) is 0 Å². The summed E-state index contributed by atoms with van der Waals surface area (Å²) in [5.41, 5.74) is 0. The van der Waals surface area contributed by atoms with Gasteiger partial charge >= 0.3 is 0 Å². The zero-order chi connectivity index (χ0) is 14.6. The van der Waals surface area contributed by atoms with Crippen molar-refractivity contribution in [3.05, 3.63) is 0 Å². The van der Waals surface area contributed by atoms with Crippen LogP contribution in [0.5, 0.6) is 0 Å². The molecule has 0 aliphatic rings.